The normalized spacial score (nSPS) is 22.7. The van der Waals surface area contributed by atoms with Crippen molar-refractivity contribution in [2.45, 2.75) is 65.2 Å². The van der Waals surface area contributed by atoms with Gasteiger partial charge in [-0.05, 0) is 43.6 Å². The summed E-state index contributed by atoms with van der Waals surface area (Å²) in [5, 5.41) is 0. The Bertz CT molecular complexity index is 410. The molecule has 2 rings (SSSR count). The molecule has 0 bridgehead atoms. The Balaban J connectivity index is 1.91. The molecule has 1 nitrogen and oxygen atoms in total. The van der Waals surface area contributed by atoms with Gasteiger partial charge in [-0.2, -0.15) is 0 Å². The maximum Gasteiger partial charge on any atom is 0.165 e. The standard InChI is InChI=1S/C19H28O/c1-3-5-15-7-11-17(12-8-15)19(20)18-13-9-16(6-4-2)10-14-18/h7-8,11-12,16,18H,3-6,9-10,13-14H2,1-2H3. The highest BCUT2D eigenvalue weighted by Gasteiger charge is 2.26. The van der Waals surface area contributed by atoms with Crippen LogP contribution in [0.25, 0.3) is 0 Å². The van der Waals surface area contributed by atoms with E-state index in [9.17, 15) is 4.79 Å². The van der Waals surface area contributed by atoms with Crippen molar-refractivity contribution in [2.75, 3.05) is 0 Å². The minimum atomic E-state index is 0.278. The largest absolute Gasteiger partial charge is 0.294 e. The lowest BCUT2D eigenvalue weighted by Gasteiger charge is -2.27. The quantitative estimate of drug-likeness (QED) is 0.631. The number of Topliss-reactive ketones (excluding diaryl/α,β-unsaturated/α-hetero) is 1. The van der Waals surface area contributed by atoms with Crippen LogP contribution in [0.1, 0.15) is 74.7 Å². The second kappa shape index (κ2) is 7.61. The monoisotopic (exact) mass is 272 g/mol. The molecule has 1 aromatic rings. The van der Waals surface area contributed by atoms with E-state index < -0.39 is 0 Å². The van der Waals surface area contributed by atoms with Gasteiger partial charge in [0.05, 0.1) is 0 Å². The van der Waals surface area contributed by atoms with Crippen LogP contribution < -0.4 is 0 Å². The molecule has 0 spiro atoms. The molecule has 0 unspecified atom stereocenters. The summed E-state index contributed by atoms with van der Waals surface area (Å²) < 4.78 is 0. The number of carbonyl (C=O) groups is 1. The predicted molar refractivity (Wildman–Crippen MR) is 85.1 cm³/mol. The van der Waals surface area contributed by atoms with E-state index in [1.165, 1.54) is 31.2 Å². The van der Waals surface area contributed by atoms with Gasteiger partial charge in [-0.15, -0.1) is 0 Å². The van der Waals surface area contributed by atoms with Crippen LogP contribution in [0, 0.1) is 11.8 Å². The fraction of sp³-hybridized carbons (Fsp3) is 0.632. The number of carbonyl (C=O) groups excluding carboxylic acids is 1. The van der Waals surface area contributed by atoms with Gasteiger partial charge in [0.25, 0.3) is 0 Å². The summed E-state index contributed by atoms with van der Waals surface area (Å²) in [4.78, 5) is 12.5. The van der Waals surface area contributed by atoms with Gasteiger partial charge in [0.2, 0.25) is 0 Å². The third-order valence-electron chi connectivity index (χ3n) is 4.69. The topological polar surface area (TPSA) is 17.1 Å². The average molecular weight is 272 g/mol. The molecule has 110 valence electrons. The SMILES string of the molecule is CCCc1ccc(C(=O)C2CCC(CCC)CC2)cc1. The first-order valence-electron chi connectivity index (χ1n) is 8.37. The molecule has 20 heavy (non-hydrogen) atoms. The lowest BCUT2D eigenvalue weighted by molar-refractivity contribution is 0.0870. The Morgan fingerprint density at radius 1 is 1.00 bits per heavy atom. The van der Waals surface area contributed by atoms with Crippen molar-refractivity contribution >= 4 is 5.78 Å². The molecule has 1 aliphatic carbocycles. The number of aryl methyl sites for hydroxylation is 1. The van der Waals surface area contributed by atoms with E-state index in [1.54, 1.807) is 0 Å². The first kappa shape index (κ1) is 15.3. The zero-order chi connectivity index (χ0) is 14.4. The van der Waals surface area contributed by atoms with Crippen LogP contribution in [0.5, 0.6) is 0 Å². The summed E-state index contributed by atoms with van der Waals surface area (Å²) in [6.07, 6.45) is 9.58. The molecule has 0 aliphatic heterocycles. The van der Waals surface area contributed by atoms with Crippen molar-refractivity contribution in [2.24, 2.45) is 11.8 Å². The van der Waals surface area contributed by atoms with E-state index in [0.29, 0.717) is 5.78 Å². The van der Waals surface area contributed by atoms with Gasteiger partial charge in [-0.3, -0.25) is 4.79 Å². The second-order valence-corrected chi connectivity index (χ2v) is 6.32. The zero-order valence-corrected chi connectivity index (χ0v) is 13.0. The van der Waals surface area contributed by atoms with Crippen LogP contribution in [0.4, 0.5) is 0 Å². The van der Waals surface area contributed by atoms with Crippen LogP contribution in [-0.2, 0) is 6.42 Å². The van der Waals surface area contributed by atoms with Crippen molar-refractivity contribution in [1.29, 1.82) is 0 Å². The van der Waals surface area contributed by atoms with Gasteiger partial charge < -0.3 is 0 Å². The molecule has 1 fully saturated rings. The van der Waals surface area contributed by atoms with Crippen molar-refractivity contribution in [1.82, 2.24) is 0 Å². The third kappa shape index (κ3) is 3.94. The lowest BCUT2D eigenvalue weighted by atomic mass is 9.77. The van der Waals surface area contributed by atoms with Crippen molar-refractivity contribution in [3.05, 3.63) is 35.4 Å². The Morgan fingerprint density at radius 2 is 1.65 bits per heavy atom. The van der Waals surface area contributed by atoms with E-state index in [1.807, 2.05) is 12.1 Å². The van der Waals surface area contributed by atoms with Gasteiger partial charge in [-0.1, -0.05) is 57.4 Å². The summed E-state index contributed by atoms with van der Waals surface area (Å²) in [5.41, 5.74) is 2.26. The summed E-state index contributed by atoms with van der Waals surface area (Å²) in [5.74, 6) is 1.53. The summed E-state index contributed by atoms with van der Waals surface area (Å²) in [6.45, 7) is 4.45. The molecule has 1 heteroatoms. The van der Waals surface area contributed by atoms with E-state index in [2.05, 4.69) is 26.0 Å². The molecule has 1 saturated carbocycles. The Morgan fingerprint density at radius 3 is 2.20 bits per heavy atom. The average Bonchev–Trinajstić information content (AvgIpc) is 2.49. The van der Waals surface area contributed by atoms with Crippen LogP contribution in [-0.4, -0.2) is 5.78 Å². The number of hydrogen-bond donors (Lipinski definition) is 0. The molecule has 0 atom stereocenters. The fourth-order valence-corrected chi connectivity index (χ4v) is 3.48. The minimum absolute atomic E-state index is 0.278. The molecule has 1 aromatic carbocycles. The molecule has 1 aliphatic rings. The number of hydrogen-bond acceptors (Lipinski definition) is 1. The summed E-state index contributed by atoms with van der Waals surface area (Å²) in [6, 6.07) is 8.32. The van der Waals surface area contributed by atoms with E-state index >= 15 is 0 Å². The third-order valence-corrected chi connectivity index (χ3v) is 4.69. The van der Waals surface area contributed by atoms with E-state index in [0.717, 1.165) is 37.2 Å². The minimum Gasteiger partial charge on any atom is -0.294 e. The van der Waals surface area contributed by atoms with E-state index in [4.69, 9.17) is 0 Å². The highest BCUT2D eigenvalue weighted by molar-refractivity contribution is 5.97. The molecular weight excluding hydrogens is 244 g/mol. The summed E-state index contributed by atoms with van der Waals surface area (Å²) >= 11 is 0. The van der Waals surface area contributed by atoms with Gasteiger partial charge >= 0.3 is 0 Å². The Hall–Kier alpha value is -1.11. The molecule has 0 aromatic heterocycles. The van der Waals surface area contributed by atoms with Crippen molar-refractivity contribution in [3.8, 4) is 0 Å². The fourth-order valence-electron chi connectivity index (χ4n) is 3.48. The Kier molecular flexibility index (Phi) is 5.82. The van der Waals surface area contributed by atoms with Crippen molar-refractivity contribution in [3.63, 3.8) is 0 Å². The van der Waals surface area contributed by atoms with Crippen molar-refractivity contribution < 1.29 is 4.79 Å². The summed E-state index contributed by atoms with van der Waals surface area (Å²) in [7, 11) is 0. The van der Waals surface area contributed by atoms with Crippen LogP contribution in [0.15, 0.2) is 24.3 Å². The highest BCUT2D eigenvalue weighted by Crippen LogP contribution is 2.33. The lowest BCUT2D eigenvalue weighted by Crippen LogP contribution is -2.22. The first-order valence-corrected chi connectivity index (χ1v) is 8.37. The van der Waals surface area contributed by atoms with Gasteiger partial charge in [-0.25, -0.2) is 0 Å². The molecule has 0 N–H and O–H groups in total. The number of ketones is 1. The van der Waals surface area contributed by atoms with Crippen LogP contribution in [0.3, 0.4) is 0 Å². The zero-order valence-electron chi connectivity index (χ0n) is 13.0. The molecule has 0 heterocycles. The van der Waals surface area contributed by atoms with Gasteiger partial charge in [0.15, 0.2) is 5.78 Å². The second-order valence-electron chi connectivity index (χ2n) is 6.32. The molecule has 0 radical (unpaired) electrons. The molecule has 0 saturated heterocycles. The van der Waals surface area contributed by atoms with Crippen LogP contribution >= 0.6 is 0 Å². The van der Waals surface area contributed by atoms with Gasteiger partial charge in [0.1, 0.15) is 0 Å². The molecule has 0 amide bonds. The smallest absolute Gasteiger partial charge is 0.165 e. The van der Waals surface area contributed by atoms with Gasteiger partial charge in [0, 0.05) is 11.5 Å². The maximum absolute atomic E-state index is 12.5. The predicted octanol–water partition coefficient (Wildman–Crippen LogP) is 5.43. The highest BCUT2D eigenvalue weighted by atomic mass is 16.1. The van der Waals surface area contributed by atoms with E-state index in [-0.39, 0.29) is 5.92 Å². The number of benzene rings is 1. The first-order chi connectivity index (χ1) is 9.74. The van der Waals surface area contributed by atoms with Crippen LogP contribution in [0.2, 0.25) is 0 Å². The Labute approximate surface area is 123 Å². The number of rotatable bonds is 6. The molecular formula is C19H28O. The maximum atomic E-state index is 12.5.